The topological polar surface area (TPSA) is 225 Å². The summed E-state index contributed by atoms with van der Waals surface area (Å²) in [4.78, 5) is 62.7. The summed E-state index contributed by atoms with van der Waals surface area (Å²) in [6, 6.07) is 7.85. The maximum atomic E-state index is 12.8. The van der Waals surface area contributed by atoms with Gasteiger partial charge in [0, 0.05) is 25.2 Å². The van der Waals surface area contributed by atoms with Crippen molar-refractivity contribution in [1.82, 2.24) is 40.4 Å². The predicted octanol–water partition coefficient (Wildman–Crippen LogP) is 2.79. The zero-order valence-electron chi connectivity index (χ0n) is 31.7. The molecule has 1 aromatic carbocycles. The molecule has 0 bridgehead atoms. The van der Waals surface area contributed by atoms with Gasteiger partial charge in [-0.05, 0) is 95.9 Å². The average Bonchev–Trinajstić information content (AvgIpc) is 3.42. The molecule has 3 aromatic rings. The molecule has 2 aromatic heterocycles. The molecule has 0 radical (unpaired) electrons. The van der Waals surface area contributed by atoms with Crippen LogP contribution in [0.1, 0.15) is 90.2 Å². The first-order valence-corrected chi connectivity index (χ1v) is 18.7. The number of carbonyl (C=O) groups is 3. The molecule has 1 aliphatic rings. The van der Waals surface area contributed by atoms with E-state index in [1.807, 2.05) is 32.9 Å². The van der Waals surface area contributed by atoms with E-state index in [1.54, 1.807) is 4.57 Å². The minimum absolute atomic E-state index is 0.152. The highest BCUT2D eigenvalue weighted by Crippen LogP contribution is 2.22. The monoisotopic (exact) mass is 738 g/mol. The maximum Gasteiger partial charge on any atom is 0.408 e. The van der Waals surface area contributed by atoms with Crippen LogP contribution in [-0.2, 0) is 27.4 Å². The van der Waals surface area contributed by atoms with Crippen molar-refractivity contribution < 1.29 is 23.9 Å². The van der Waals surface area contributed by atoms with E-state index in [0.29, 0.717) is 62.6 Å². The zero-order chi connectivity index (χ0) is 38.4. The van der Waals surface area contributed by atoms with Gasteiger partial charge in [-0.25, -0.2) is 9.59 Å². The lowest BCUT2D eigenvalue weighted by atomic mass is 9.93. The van der Waals surface area contributed by atoms with Crippen LogP contribution in [0.3, 0.4) is 0 Å². The van der Waals surface area contributed by atoms with Crippen molar-refractivity contribution in [2.24, 2.45) is 11.7 Å². The van der Waals surface area contributed by atoms with Crippen molar-refractivity contribution in [1.29, 1.82) is 0 Å². The second-order valence-corrected chi connectivity index (χ2v) is 14.8. The third-order valence-corrected chi connectivity index (χ3v) is 9.10. The number of amides is 3. The maximum absolute atomic E-state index is 12.8. The number of unbranched alkanes of at least 4 members (excludes halogenated alkanes) is 2. The molecule has 292 valence electrons. The summed E-state index contributed by atoms with van der Waals surface area (Å²) in [5.41, 5.74) is 14.5. The molecule has 1 aliphatic heterocycles. The number of H-pyrrole nitrogens is 1. The van der Waals surface area contributed by atoms with Gasteiger partial charge in [0.1, 0.15) is 5.52 Å². The van der Waals surface area contributed by atoms with Crippen molar-refractivity contribution in [3.8, 4) is 6.01 Å². The molecule has 0 saturated carbocycles. The number of likely N-dealkylation sites (tertiary alicyclic amines) is 1. The van der Waals surface area contributed by atoms with E-state index < -0.39 is 17.7 Å². The summed E-state index contributed by atoms with van der Waals surface area (Å²) in [6.07, 6.45) is 6.13. The molecule has 1 fully saturated rings. The first kappa shape index (κ1) is 41.1. The minimum atomic E-state index is -0.638. The van der Waals surface area contributed by atoms with Crippen LogP contribution >= 0.6 is 0 Å². The van der Waals surface area contributed by atoms with Gasteiger partial charge in [0.25, 0.3) is 5.91 Å². The molecule has 1 atom stereocenters. The third kappa shape index (κ3) is 13.7. The predicted molar refractivity (Wildman–Crippen MR) is 203 cm³/mol. The fourth-order valence-electron chi connectivity index (χ4n) is 6.08. The van der Waals surface area contributed by atoms with Crippen molar-refractivity contribution in [3.63, 3.8) is 0 Å². The number of hydrogen-bond acceptors (Lipinski definition) is 11. The molecule has 16 nitrogen and oxygen atoms in total. The second kappa shape index (κ2) is 19.9. The number of nitrogens with zero attached hydrogens (tertiary/aromatic N) is 4. The molecule has 0 spiro atoms. The van der Waals surface area contributed by atoms with Gasteiger partial charge < -0.3 is 41.9 Å². The largest absolute Gasteiger partial charge is 0.463 e. The van der Waals surface area contributed by atoms with Crippen molar-refractivity contribution >= 4 is 34.9 Å². The van der Waals surface area contributed by atoms with E-state index in [9.17, 15) is 19.2 Å². The van der Waals surface area contributed by atoms with Gasteiger partial charge in [-0.15, -0.1) is 0 Å². The number of aromatic nitrogens is 4. The number of nitrogen functional groups attached to an aromatic ring is 1. The van der Waals surface area contributed by atoms with Gasteiger partial charge in [-0.1, -0.05) is 37.6 Å². The molecule has 3 amide bonds. The van der Waals surface area contributed by atoms with Crippen LogP contribution in [0.4, 0.5) is 10.6 Å². The van der Waals surface area contributed by atoms with E-state index in [2.05, 4.69) is 54.9 Å². The summed E-state index contributed by atoms with van der Waals surface area (Å²) in [5, 5.41) is 8.32. The summed E-state index contributed by atoms with van der Waals surface area (Å²) < 4.78 is 12.1. The molecule has 4 rings (SSSR count). The number of anilines is 1. The Kier molecular flexibility index (Phi) is 15.5. The Balaban J connectivity index is 1.09. The lowest BCUT2D eigenvalue weighted by Gasteiger charge is -2.32. The lowest BCUT2D eigenvalue weighted by Crippen LogP contribution is -2.42. The zero-order valence-corrected chi connectivity index (χ0v) is 31.7. The number of rotatable bonds is 19. The van der Waals surface area contributed by atoms with Crippen molar-refractivity contribution in [3.05, 3.63) is 45.9 Å². The number of hydrogen-bond donors (Lipinski definition) is 6. The van der Waals surface area contributed by atoms with Crippen molar-refractivity contribution in [2.45, 2.75) is 104 Å². The Bertz CT molecular complexity index is 1690. The molecular formula is C37H58N10O6. The molecule has 53 heavy (non-hydrogen) atoms. The Morgan fingerprint density at radius 3 is 2.38 bits per heavy atom. The summed E-state index contributed by atoms with van der Waals surface area (Å²) >= 11 is 0. The van der Waals surface area contributed by atoms with Gasteiger partial charge in [-0.3, -0.25) is 19.1 Å². The van der Waals surface area contributed by atoms with Crippen LogP contribution in [0.5, 0.6) is 6.01 Å². The van der Waals surface area contributed by atoms with Gasteiger partial charge >= 0.3 is 17.8 Å². The van der Waals surface area contributed by atoms with Crippen LogP contribution in [0.25, 0.3) is 11.2 Å². The number of nitrogens with two attached hydrogens (primary N) is 2. The SMILES string of the molecule is CCCCOc1nc(N)c2[nH]c(=O)n(Cc3ccc(CN4CCC(CCNC(=O)[C@@H](N)CCCCNC(=O)COC(=O)NC(C)(C)C)CC4)cc3)c2n1. The highest BCUT2D eigenvalue weighted by atomic mass is 16.6. The number of imidazole rings is 1. The van der Waals surface area contributed by atoms with E-state index in [4.69, 9.17) is 20.9 Å². The minimum Gasteiger partial charge on any atom is -0.463 e. The number of benzene rings is 1. The second-order valence-electron chi connectivity index (χ2n) is 14.8. The standard InChI is InChI=1S/C37H58N10O6/c1-5-6-21-52-34-43-31(39)30-32(44-34)47(35(50)42-30)23-27-12-10-26(11-13-27)22-46-19-15-25(16-20-46)14-18-41-33(49)28(38)9-7-8-17-40-29(48)24-53-36(51)45-37(2,3)4/h10-13,25,28H,5-9,14-24,38H2,1-4H3,(H,40,48)(H,41,49)(H,42,50)(H,45,51)(H2,39,43,44)/t28-/m0/s1. The van der Waals surface area contributed by atoms with Crippen LogP contribution in [0.15, 0.2) is 29.1 Å². The van der Waals surface area contributed by atoms with Crippen molar-refractivity contribution in [2.75, 3.05) is 45.1 Å². The lowest BCUT2D eigenvalue weighted by molar-refractivity contribution is -0.124. The quantitative estimate of drug-likeness (QED) is 0.0981. The first-order chi connectivity index (χ1) is 25.3. The Morgan fingerprint density at radius 2 is 1.70 bits per heavy atom. The molecule has 0 aliphatic carbocycles. The molecule has 8 N–H and O–H groups in total. The number of carbonyl (C=O) groups excluding carboxylic acids is 3. The smallest absolute Gasteiger partial charge is 0.408 e. The molecule has 0 unspecified atom stereocenters. The normalized spacial score (nSPS) is 14.5. The third-order valence-electron chi connectivity index (χ3n) is 9.10. The summed E-state index contributed by atoms with van der Waals surface area (Å²) in [6.45, 7) is 11.9. The number of piperidine rings is 1. The van der Waals surface area contributed by atoms with E-state index in [1.165, 1.54) is 5.56 Å². The summed E-state index contributed by atoms with van der Waals surface area (Å²) in [7, 11) is 0. The Morgan fingerprint density at radius 1 is 1.00 bits per heavy atom. The Hall–Kier alpha value is -4.70. The highest BCUT2D eigenvalue weighted by Gasteiger charge is 2.21. The number of nitrogens with one attached hydrogen (secondary N) is 4. The van der Waals surface area contributed by atoms with Crippen LogP contribution < -0.4 is 37.8 Å². The highest BCUT2D eigenvalue weighted by molar-refractivity contribution is 5.82. The molecular weight excluding hydrogens is 680 g/mol. The molecule has 3 heterocycles. The fraction of sp³-hybridized carbons (Fsp3) is 0.622. The average molecular weight is 739 g/mol. The van der Waals surface area contributed by atoms with E-state index in [0.717, 1.165) is 57.3 Å². The fourth-order valence-corrected chi connectivity index (χ4v) is 6.08. The van der Waals surface area contributed by atoms with Crippen LogP contribution in [-0.4, -0.2) is 93.3 Å². The van der Waals surface area contributed by atoms with Crippen LogP contribution in [0.2, 0.25) is 0 Å². The van der Waals surface area contributed by atoms with E-state index >= 15 is 0 Å². The molecule has 1 saturated heterocycles. The van der Waals surface area contributed by atoms with Crippen LogP contribution in [0, 0.1) is 5.92 Å². The van der Waals surface area contributed by atoms with Gasteiger partial charge in [0.15, 0.2) is 18.1 Å². The number of fused-ring (bicyclic) bond motifs is 1. The van der Waals surface area contributed by atoms with Gasteiger partial charge in [0.05, 0.1) is 19.2 Å². The Labute approximate surface area is 311 Å². The van der Waals surface area contributed by atoms with E-state index in [-0.39, 0.29) is 35.9 Å². The number of aromatic amines is 1. The van der Waals surface area contributed by atoms with Gasteiger partial charge in [-0.2, -0.15) is 9.97 Å². The first-order valence-electron chi connectivity index (χ1n) is 18.7. The summed E-state index contributed by atoms with van der Waals surface area (Å²) in [5.74, 6) is 0.200. The number of ether oxygens (including phenoxy) is 2. The van der Waals surface area contributed by atoms with Gasteiger partial charge in [0.2, 0.25) is 5.91 Å². The number of alkyl carbamates (subject to hydrolysis) is 1. The molecule has 16 heteroatoms.